The molecule has 22 heavy (non-hydrogen) atoms. The summed E-state index contributed by atoms with van der Waals surface area (Å²) in [4.78, 5) is 38.8. The van der Waals surface area contributed by atoms with Crippen LogP contribution >= 0.6 is 0 Å². The Bertz CT molecular complexity index is 503. The van der Waals surface area contributed by atoms with Gasteiger partial charge in [0.15, 0.2) is 0 Å². The van der Waals surface area contributed by atoms with Gasteiger partial charge in [0.2, 0.25) is 11.8 Å². The lowest BCUT2D eigenvalue weighted by molar-refractivity contribution is -0.167. The molecule has 0 aromatic carbocycles. The van der Waals surface area contributed by atoms with Crippen molar-refractivity contribution in [1.29, 1.82) is 0 Å². The lowest BCUT2D eigenvalue weighted by atomic mass is 9.73. The predicted octanol–water partition coefficient (Wildman–Crippen LogP) is 0.986. The van der Waals surface area contributed by atoms with E-state index in [1.54, 1.807) is 25.7 Å². The molecule has 0 radical (unpaired) electrons. The number of nitrogens with zero attached hydrogens (tertiary/aromatic N) is 1. The molecule has 6 nitrogen and oxygen atoms in total. The zero-order valence-corrected chi connectivity index (χ0v) is 13.4. The van der Waals surface area contributed by atoms with Gasteiger partial charge in [-0.2, -0.15) is 0 Å². The van der Waals surface area contributed by atoms with Crippen LogP contribution in [0.5, 0.6) is 0 Å². The minimum absolute atomic E-state index is 0.0948. The van der Waals surface area contributed by atoms with Crippen molar-refractivity contribution < 1.29 is 19.1 Å². The Balaban J connectivity index is 1.72. The van der Waals surface area contributed by atoms with Crippen LogP contribution < -0.4 is 5.32 Å². The van der Waals surface area contributed by atoms with E-state index in [2.05, 4.69) is 5.32 Å². The van der Waals surface area contributed by atoms with Gasteiger partial charge in [0.25, 0.3) is 0 Å². The summed E-state index contributed by atoms with van der Waals surface area (Å²) in [5, 5.41) is 2.74. The van der Waals surface area contributed by atoms with Gasteiger partial charge >= 0.3 is 5.97 Å². The van der Waals surface area contributed by atoms with E-state index in [9.17, 15) is 14.4 Å². The van der Waals surface area contributed by atoms with Gasteiger partial charge in [-0.05, 0) is 52.4 Å². The van der Waals surface area contributed by atoms with Crippen molar-refractivity contribution in [2.45, 2.75) is 76.6 Å². The number of hydrogen-bond acceptors (Lipinski definition) is 4. The van der Waals surface area contributed by atoms with Gasteiger partial charge in [-0.25, -0.2) is 0 Å². The highest BCUT2D eigenvalue weighted by atomic mass is 16.6. The maximum atomic E-state index is 12.7. The third kappa shape index (κ3) is 2.71. The minimum atomic E-state index is -0.780. The lowest BCUT2D eigenvalue weighted by Crippen LogP contribution is -2.71. The molecule has 1 saturated carbocycles. The molecular weight excluding hydrogens is 284 g/mol. The highest BCUT2D eigenvalue weighted by Crippen LogP contribution is 2.41. The quantitative estimate of drug-likeness (QED) is 0.772. The first-order chi connectivity index (χ1) is 10.3. The molecule has 0 aromatic heterocycles. The normalized spacial score (nSPS) is 34.2. The summed E-state index contributed by atoms with van der Waals surface area (Å²) in [5.74, 6) is -0.407. The number of fused-ring (bicyclic) bond motifs is 2. The van der Waals surface area contributed by atoms with Crippen molar-refractivity contribution in [3.8, 4) is 0 Å². The maximum absolute atomic E-state index is 12.7. The molecule has 4 fully saturated rings. The first-order valence-electron chi connectivity index (χ1n) is 8.10. The summed E-state index contributed by atoms with van der Waals surface area (Å²) in [6.07, 6.45) is 3.88. The predicted molar refractivity (Wildman–Crippen MR) is 78.8 cm³/mol. The Labute approximate surface area is 130 Å². The van der Waals surface area contributed by atoms with Gasteiger partial charge in [0.1, 0.15) is 17.7 Å². The van der Waals surface area contributed by atoms with E-state index in [4.69, 9.17) is 4.74 Å². The van der Waals surface area contributed by atoms with E-state index in [0.29, 0.717) is 0 Å². The molecule has 3 saturated heterocycles. The number of nitrogens with one attached hydrogen (secondary N) is 1. The highest BCUT2D eigenvalue weighted by Gasteiger charge is 2.52. The molecule has 1 N–H and O–H groups in total. The summed E-state index contributed by atoms with van der Waals surface area (Å²) in [7, 11) is 0. The van der Waals surface area contributed by atoms with E-state index in [1.807, 2.05) is 0 Å². The zero-order valence-electron chi connectivity index (χ0n) is 13.4. The number of hydrogen-bond donors (Lipinski definition) is 1. The average molecular weight is 308 g/mol. The van der Waals surface area contributed by atoms with E-state index < -0.39 is 17.6 Å². The van der Waals surface area contributed by atoms with Gasteiger partial charge in [-0.3, -0.25) is 14.4 Å². The smallest absolute Gasteiger partial charge is 0.308 e. The first-order valence-corrected chi connectivity index (χ1v) is 8.10. The summed E-state index contributed by atoms with van der Waals surface area (Å²) < 4.78 is 5.26. The lowest BCUT2D eigenvalue weighted by Gasteiger charge is -2.53. The van der Waals surface area contributed by atoms with Crippen molar-refractivity contribution in [3.63, 3.8) is 0 Å². The number of amides is 2. The van der Waals surface area contributed by atoms with Crippen LogP contribution in [0, 0.1) is 5.92 Å². The Morgan fingerprint density at radius 2 is 1.86 bits per heavy atom. The molecule has 0 aromatic rings. The van der Waals surface area contributed by atoms with Crippen molar-refractivity contribution in [1.82, 2.24) is 10.2 Å². The van der Waals surface area contributed by atoms with Crippen LogP contribution in [0.4, 0.5) is 0 Å². The highest BCUT2D eigenvalue weighted by molar-refractivity contribution is 5.99. The summed E-state index contributed by atoms with van der Waals surface area (Å²) in [6.45, 7) is 5.35. The molecule has 3 aliphatic heterocycles. The summed E-state index contributed by atoms with van der Waals surface area (Å²) in [6, 6.07) is -0.942. The van der Waals surface area contributed by atoms with Crippen molar-refractivity contribution in [2.24, 2.45) is 5.92 Å². The Hall–Kier alpha value is -1.59. The topological polar surface area (TPSA) is 75.7 Å². The fraction of sp³-hybridized carbons (Fsp3) is 0.812. The number of piperazine rings is 1. The molecule has 2 bridgehead atoms. The second-order valence-electron chi connectivity index (χ2n) is 7.61. The van der Waals surface area contributed by atoms with Crippen LogP contribution in [0.3, 0.4) is 0 Å². The second-order valence-corrected chi connectivity index (χ2v) is 7.61. The van der Waals surface area contributed by atoms with E-state index in [-0.39, 0.29) is 36.2 Å². The number of piperidine rings is 2. The van der Waals surface area contributed by atoms with Crippen LogP contribution in [-0.2, 0) is 19.1 Å². The molecule has 1 aliphatic carbocycles. The van der Waals surface area contributed by atoms with Crippen molar-refractivity contribution in [2.75, 3.05) is 0 Å². The van der Waals surface area contributed by atoms with Crippen LogP contribution in [0.1, 0.15) is 52.9 Å². The molecular formula is C16H24N2O4. The number of carbonyl (C=O) groups is 3. The van der Waals surface area contributed by atoms with Gasteiger partial charge < -0.3 is 15.0 Å². The number of esters is 1. The van der Waals surface area contributed by atoms with E-state index in [0.717, 1.165) is 25.7 Å². The van der Waals surface area contributed by atoms with Gasteiger partial charge in [0, 0.05) is 6.04 Å². The average Bonchev–Trinajstić information content (AvgIpc) is 2.43. The molecule has 2 atom stereocenters. The van der Waals surface area contributed by atoms with Crippen LogP contribution in [0.15, 0.2) is 0 Å². The van der Waals surface area contributed by atoms with Crippen molar-refractivity contribution >= 4 is 17.8 Å². The zero-order chi connectivity index (χ0) is 16.1. The molecule has 3 heterocycles. The molecule has 0 unspecified atom stereocenters. The van der Waals surface area contributed by atoms with E-state index in [1.165, 1.54) is 0 Å². The SMILES string of the molecule is CC(C)(C)OC(=O)C[C@@H]1NC(=O)[C@@H]2C3CCC(CC3)N2C1=O. The molecule has 4 aliphatic rings. The molecule has 4 rings (SSSR count). The van der Waals surface area contributed by atoms with Gasteiger partial charge in [-0.1, -0.05) is 0 Å². The Morgan fingerprint density at radius 3 is 2.45 bits per heavy atom. The summed E-state index contributed by atoms with van der Waals surface area (Å²) in [5.41, 5.74) is -0.592. The fourth-order valence-corrected chi connectivity index (χ4v) is 3.99. The van der Waals surface area contributed by atoms with E-state index >= 15 is 0 Å². The molecule has 6 heteroatoms. The van der Waals surface area contributed by atoms with Gasteiger partial charge in [-0.15, -0.1) is 0 Å². The minimum Gasteiger partial charge on any atom is -0.460 e. The monoisotopic (exact) mass is 308 g/mol. The number of rotatable bonds is 2. The molecule has 2 amide bonds. The maximum Gasteiger partial charge on any atom is 0.308 e. The largest absolute Gasteiger partial charge is 0.460 e. The summed E-state index contributed by atoms with van der Waals surface area (Å²) >= 11 is 0. The third-order valence-corrected chi connectivity index (χ3v) is 4.81. The van der Waals surface area contributed by atoms with Crippen LogP contribution in [0.2, 0.25) is 0 Å². The fourth-order valence-electron chi connectivity index (χ4n) is 3.99. The number of ether oxygens (including phenoxy) is 1. The standard InChI is InChI=1S/C16H24N2O4/c1-16(2,3)22-12(19)8-11-15(21)18-10-6-4-9(5-7-10)13(18)14(20)17-11/h9-11,13H,4-8H2,1-3H3,(H,17,20)/t9?,10?,11-,13-/m0/s1. The van der Waals surface area contributed by atoms with Crippen LogP contribution in [0.25, 0.3) is 0 Å². The van der Waals surface area contributed by atoms with Crippen molar-refractivity contribution in [3.05, 3.63) is 0 Å². The molecule has 0 spiro atoms. The first kappa shape index (κ1) is 15.3. The van der Waals surface area contributed by atoms with Gasteiger partial charge in [0.05, 0.1) is 6.42 Å². The third-order valence-electron chi connectivity index (χ3n) is 4.81. The second kappa shape index (κ2) is 5.25. The number of carbonyl (C=O) groups excluding carboxylic acids is 3. The Kier molecular flexibility index (Phi) is 3.65. The Morgan fingerprint density at radius 1 is 1.23 bits per heavy atom. The van der Waals surface area contributed by atoms with Crippen LogP contribution in [-0.4, -0.2) is 46.4 Å². The molecule has 122 valence electrons.